The van der Waals surface area contributed by atoms with E-state index < -0.39 is 0 Å². The highest BCUT2D eigenvalue weighted by Crippen LogP contribution is 2.32. The summed E-state index contributed by atoms with van der Waals surface area (Å²) in [5.74, 6) is 0.697. The molecule has 2 rings (SSSR count). The van der Waals surface area contributed by atoms with Gasteiger partial charge in [-0.3, -0.25) is 9.69 Å². The normalized spacial score (nSPS) is 16.4. The van der Waals surface area contributed by atoms with Crippen LogP contribution in [0.2, 0.25) is 0 Å². The molecule has 1 aliphatic rings. The van der Waals surface area contributed by atoms with Crippen molar-refractivity contribution in [2.75, 3.05) is 13.2 Å². The van der Waals surface area contributed by atoms with Crippen molar-refractivity contribution in [3.63, 3.8) is 0 Å². The van der Waals surface area contributed by atoms with E-state index in [1.807, 2.05) is 30.3 Å². The third kappa shape index (κ3) is 3.83. The number of rotatable bonds is 6. The molecule has 0 N–H and O–H groups in total. The van der Waals surface area contributed by atoms with Crippen LogP contribution in [0.5, 0.6) is 5.75 Å². The molecule has 3 nitrogen and oxygen atoms in total. The van der Waals surface area contributed by atoms with Gasteiger partial charge in [0.15, 0.2) is 0 Å². The predicted octanol–water partition coefficient (Wildman–Crippen LogP) is 3.64. The monoisotopic (exact) mass is 317 g/mol. The number of carbonyl (C=O) groups is 1. The molecule has 1 fully saturated rings. The minimum Gasteiger partial charge on any atom is -0.490 e. The molecule has 1 amide bonds. The lowest BCUT2D eigenvalue weighted by atomic mass is 10.2. The van der Waals surface area contributed by atoms with Crippen molar-refractivity contribution in [1.29, 1.82) is 0 Å². The van der Waals surface area contributed by atoms with E-state index in [2.05, 4.69) is 13.2 Å². The number of nitrogens with zero attached hydrogens (tertiary/aromatic N) is 1. The minimum atomic E-state index is -0.0723. The van der Waals surface area contributed by atoms with Crippen molar-refractivity contribution < 1.29 is 9.53 Å². The van der Waals surface area contributed by atoms with Gasteiger partial charge in [0.25, 0.3) is 5.91 Å². The van der Waals surface area contributed by atoms with Gasteiger partial charge in [-0.05, 0) is 23.8 Å². The SMILES string of the molecule is C=CCOc1ccc(C=C2SC(=S)N(CC=C)C2=O)cc1. The molecule has 0 aromatic heterocycles. The van der Waals surface area contributed by atoms with E-state index in [-0.39, 0.29) is 5.91 Å². The van der Waals surface area contributed by atoms with Gasteiger partial charge in [0.05, 0.1) is 4.91 Å². The van der Waals surface area contributed by atoms with Crippen molar-refractivity contribution in [2.24, 2.45) is 0 Å². The average molecular weight is 317 g/mol. The highest BCUT2D eigenvalue weighted by Gasteiger charge is 2.30. The molecule has 108 valence electrons. The second-order valence-corrected chi connectivity index (χ2v) is 5.93. The van der Waals surface area contributed by atoms with Crippen LogP contribution < -0.4 is 4.74 Å². The second kappa shape index (κ2) is 7.24. The van der Waals surface area contributed by atoms with Crippen molar-refractivity contribution >= 4 is 40.3 Å². The first-order chi connectivity index (χ1) is 10.2. The van der Waals surface area contributed by atoms with E-state index in [0.29, 0.717) is 22.4 Å². The molecule has 1 aromatic rings. The Labute approximate surface area is 134 Å². The van der Waals surface area contributed by atoms with Crippen LogP contribution in [0.25, 0.3) is 6.08 Å². The van der Waals surface area contributed by atoms with Crippen molar-refractivity contribution in [3.05, 3.63) is 60.0 Å². The lowest BCUT2D eigenvalue weighted by molar-refractivity contribution is -0.121. The van der Waals surface area contributed by atoms with Gasteiger partial charge in [0.2, 0.25) is 0 Å². The van der Waals surface area contributed by atoms with Gasteiger partial charge >= 0.3 is 0 Å². The summed E-state index contributed by atoms with van der Waals surface area (Å²) in [5, 5.41) is 0. The number of carbonyl (C=O) groups excluding carboxylic acids is 1. The fraction of sp³-hybridized carbons (Fsp3) is 0.125. The van der Waals surface area contributed by atoms with E-state index in [0.717, 1.165) is 11.3 Å². The van der Waals surface area contributed by atoms with Crippen molar-refractivity contribution in [2.45, 2.75) is 0 Å². The van der Waals surface area contributed by atoms with E-state index in [4.69, 9.17) is 17.0 Å². The third-order valence-corrected chi connectivity index (χ3v) is 4.11. The fourth-order valence-corrected chi connectivity index (χ4v) is 3.03. The highest BCUT2D eigenvalue weighted by molar-refractivity contribution is 8.26. The van der Waals surface area contributed by atoms with Crippen LogP contribution in [0.15, 0.2) is 54.5 Å². The quantitative estimate of drug-likeness (QED) is 0.455. The van der Waals surface area contributed by atoms with Crippen LogP contribution in [-0.4, -0.2) is 28.3 Å². The summed E-state index contributed by atoms with van der Waals surface area (Å²) in [7, 11) is 0. The van der Waals surface area contributed by atoms with Crippen LogP contribution in [0, 0.1) is 0 Å². The number of thiocarbonyl (C=S) groups is 1. The third-order valence-electron chi connectivity index (χ3n) is 2.73. The van der Waals surface area contributed by atoms with Crippen molar-refractivity contribution in [3.8, 4) is 5.75 Å². The Kier molecular flexibility index (Phi) is 5.36. The maximum Gasteiger partial charge on any atom is 0.266 e. The Hall–Kier alpha value is -1.85. The van der Waals surface area contributed by atoms with Gasteiger partial charge < -0.3 is 4.74 Å². The molecule has 0 bridgehead atoms. The maximum absolute atomic E-state index is 12.2. The molecule has 1 heterocycles. The predicted molar refractivity (Wildman–Crippen MR) is 92.2 cm³/mol. The summed E-state index contributed by atoms with van der Waals surface area (Å²) < 4.78 is 5.98. The zero-order chi connectivity index (χ0) is 15.2. The number of hydrogen-bond acceptors (Lipinski definition) is 4. The van der Waals surface area contributed by atoms with Crippen LogP contribution in [0.4, 0.5) is 0 Å². The first-order valence-electron chi connectivity index (χ1n) is 6.35. The largest absolute Gasteiger partial charge is 0.490 e. The number of amides is 1. The summed E-state index contributed by atoms with van der Waals surface area (Å²) in [5.41, 5.74) is 0.931. The molecule has 0 atom stereocenters. The molecule has 1 aliphatic heterocycles. The molecule has 5 heteroatoms. The van der Waals surface area contributed by atoms with Gasteiger partial charge in [-0.15, -0.1) is 6.58 Å². The summed E-state index contributed by atoms with van der Waals surface area (Å²) in [6, 6.07) is 7.52. The fourth-order valence-electron chi connectivity index (χ4n) is 1.75. The second-order valence-electron chi connectivity index (χ2n) is 4.25. The van der Waals surface area contributed by atoms with Crippen LogP contribution in [0.1, 0.15) is 5.56 Å². The molecule has 0 saturated carbocycles. The Morgan fingerprint density at radius 2 is 1.95 bits per heavy atom. The van der Waals surface area contributed by atoms with Gasteiger partial charge in [-0.25, -0.2) is 0 Å². The lowest BCUT2D eigenvalue weighted by Gasteiger charge is -2.10. The summed E-state index contributed by atoms with van der Waals surface area (Å²) in [4.78, 5) is 14.4. The number of thioether (sulfide) groups is 1. The molecule has 21 heavy (non-hydrogen) atoms. The minimum absolute atomic E-state index is 0.0723. The Morgan fingerprint density at radius 1 is 1.24 bits per heavy atom. The zero-order valence-corrected chi connectivity index (χ0v) is 13.1. The number of hydrogen-bond donors (Lipinski definition) is 0. The van der Waals surface area contributed by atoms with Crippen molar-refractivity contribution in [1.82, 2.24) is 4.90 Å². The standard InChI is InChI=1S/C16H15NO2S2/c1-3-9-17-15(18)14(21-16(17)20)11-12-5-7-13(8-6-12)19-10-4-2/h3-8,11H,1-2,9-10H2. The average Bonchev–Trinajstić information content (AvgIpc) is 2.75. The zero-order valence-electron chi connectivity index (χ0n) is 11.5. The number of ether oxygens (including phenoxy) is 1. The van der Waals surface area contributed by atoms with Gasteiger partial charge in [-0.2, -0.15) is 0 Å². The summed E-state index contributed by atoms with van der Waals surface area (Å²) in [6.45, 7) is 8.15. The lowest BCUT2D eigenvalue weighted by Crippen LogP contribution is -2.27. The first kappa shape index (κ1) is 15.5. The van der Waals surface area contributed by atoms with Gasteiger partial charge in [-0.1, -0.05) is 54.8 Å². The molecular weight excluding hydrogens is 302 g/mol. The number of benzene rings is 1. The highest BCUT2D eigenvalue weighted by atomic mass is 32.2. The first-order valence-corrected chi connectivity index (χ1v) is 7.58. The molecule has 1 aromatic carbocycles. The Balaban J connectivity index is 2.13. The molecular formula is C16H15NO2S2. The van der Waals surface area contributed by atoms with E-state index in [9.17, 15) is 4.79 Å². The smallest absolute Gasteiger partial charge is 0.266 e. The van der Waals surface area contributed by atoms with E-state index >= 15 is 0 Å². The maximum atomic E-state index is 12.2. The van der Waals surface area contributed by atoms with Crippen LogP contribution in [0.3, 0.4) is 0 Å². The van der Waals surface area contributed by atoms with Gasteiger partial charge in [0, 0.05) is 6.54 Å². The Morgan fingerprint density at radius 3 is 2.57 bits per heavy atom. The topological polar surface area (TPSA) is 29.5 Å². The molecule has 0 radical (unpaired) electrons. The van der Waals surface area contributed by atoms with E-state index in [1.165, 1.54) is 11.8 Å². The van der Waals surface area contributed by atoms with Gasteiger partial charge in [0.1, 0.15) is 16.7 Å². The molecule has 0 unspecified atom stereocenters. The summed E-state index contributed by atoms with van der Waals surface area (Å²) in [6.07, 6.45) is 5.19. The molecule has 0 aliphatic carbocycles. The Bertz CT molecular complexity index is 605. The molecule has 1 saturated heterocycles. The van der Waals surface area contributed by atoms with Crippen LogP contribution in [-0.2, 0) is 4.79 Å². The molecule has 0 spiro atoms. The van der Waals surface area contributed by atoms with Crippen LogP contribution >= 0.6 is 24.0 Å². The summed E-state index contributed by atoms with van der Waals surface area (Å²) >= 11 is 6.51. The van der Waals surface area contributed by atoms with E-state index in [1.54, 1.807) is 17.1 Å².